The molecule has 3 aromatic rings. The molecule has 6 heteroatoms. The zero-order valence-electron chi connectivity index (χ0n) is 14.2. The number of para-hydroxylation sites is 2. The maximum absolute atomic E-state index is 12.6. The van der Waals surface area contributed by atoms with E-state index in [9.17, 15) is 4.79 Å². The van der Waals surface area contributed by atoms with Crippen molar-refractivity contribution < 1.29 is 14.3 Å². The van der Waals surface area contributed by atoms with Crippen molar-refractivity contribution in [3.05, 3.63) is 71.2 Å². The Labute approximate surface area is 155 Å². The van der Waals surface area contributed by atoms with Crippen molar-refractivity contribution >= 4 is 22.4 Å². The molecule has 0 saturated carbocycles. The van der Waals surface area contributed by atoms with E-state index in [1.807, 2.05) is 43.3 Å². The second kappa shape index (κ2) is 7.17. The molecule has 26 heavy (non-hydrogen) atoms. The largest absolute Gasteiger partial charge is 0.482 e. The molecule has 1 aliphatic heterocycles. The maximum atomic E-state index is 12.6. The fourth-order valence-corrected chi connectivity index (χ4v) is 3.68. The number of nitrogens with zero attached hydrogens (tertiary/aromatic N) is 1. The van der Waals surface area contributed by atoms with E-state index in [1.165, 1.54) is 16.9 Å². The first-order valence-corrected chi connectivity index (χ1v) is 9.22. The zero-order valence-corrected chi connectivity index (χ0v) is 15.0. The minimum absolute atomic E-state index is 0.257. The van der Waals surface area contributed by atoms with E-state index in [-0.39, 0.29) is 12.0 Å². The van der Waals surface area contributed by atoms with Gasteiger partial charge in [0.1, 0.15) is 6.10 Å². The van der Waals surface area contributed by atoms with E-state index < -0.39 is 6.10 Å². The molecule has 0 bridgehead atoms. The Kier molecular flexibility index (Phi) is 4.58. The lowest BCUT2D eigenvalue weighted by molar-refractivity contribution is -0.128. The number of anilines is 1. The first-order valence-electron chi connectivity index (χ1n) is 8.41. The van der Waals surface area contributed by atoms with E-state index in [2.05, 4.69) is 22.4 Å². The lowest BCUT2D eigenvalue weighted by Crippen LogP contribution is -2.46. The van der Waals surface area contributed by atoms with Crippen LogP contribution >= 0.6 is 11.3 Å². The van der Waals surface area contributed by atoms with Gasteiger partial charge in [0.05, 0.1) is 0 Å². The van der Waals surface area contributed by atoms with Crippen LogP contribution in [-0.2, 0) is 11.2 Å². The van der Waals surface area contributed by atoms with Crippen LogP contribution in [0.4, 0.5) is 5.13 Å². The molecule has 2 atom stereocenters. The zero-order chi connectivity index (χ0) is 17.9. The summed E-state index contributed by atoms with van der Waals surface area (Å²) < 4.78 is 11.6. The maximum Gasteiger partial charge on any atom is 0.271 e. The summed E-state index contributed by atoms with van der Waals surface area (Å²) >= 11 is 1.47. The number of rotatable bonds is 4. The molecule has 0 aliphatic carbocycles. The Hall–Kier alpha value is -2.86. The third kappa shape index (κ3) is 3.55. The Morgan fingerprint density at radius 3 is 2.54 bits per heavy atom. The molecule has 0 radical (unpaired) electrons. The summed E-state index contributed by atoms with van der Waals surface area (Å²) in [6, 6.07) is 17.5. The Morgan fingerprint density at radius 1 is 1.08 bits per heavy atom. The van der Waals surface area contributed by atoms with Gasteiger partial charge in [-0.15, -0.1) is 11.3 Å². The monoisotopic (exact) mass is 366 g/mol. The molecule has 0 saturated heterocycles. The minimum Gasteiger partial charge on any atom is -0.482 e. The van der Waals surface area contributed by atoms with E-state index in [4.69, 9.17) is 9.47 Å². The summed E-state index contributed by atoms with van der Waals surface area (Å²) in [7, 11) is 0. The molecule has 2 aromatic carbocycles. The van der Waals surface area contributed by atoms with Gasteiger partial charge < -0.3 is 9.47 Å². The highest BCUT2D eigenvalue weighted by molar-refractivity contribution is 7.15. The van der Waals surface area contributed by atoms with Crippen LogP contribution in [0, 0.1) is 0 Å². The van der Waals surface area contributed by atoms with Crippen molar-refractivity contribution in [2.75, 3.05) is 5.32 Å². The normalized spacial score (nSPS) is 18.3. The number of carbonyl (C=O) groups is 1. The van der Waals surface area contributed by atoms with Crippen LogP contribution in [0.3, 0.4) is 0 Å². The summed E-state index contributed by atoms with van der Waals surface area (Å²) in [5, 5.41) is 3.41. The second-order valence-electron chi connectivity index (χ2n) is 6.09. The summed E-state index contributed by atoms with van der Waals surface area (Å²) in [6.07, 6.45) is 1.49. The van der Waals surface area contributed by atoms with Crippen LogP contribution in [-0.4, -0.2) is 23.1 Å². The summed E-state index contributed by atoms with van der Waals surface area (Å²) in [6.45, 7) is 1.82. The van der Waals surface area contributed by atoms with Crippen molar-refractivity contribution in [2.45, 2.75) is 25.6 Å². The topological polar surface area (TPSA) is 60.5 Å². The molecular formula is C20H18N2O3S. The van der Waals surface area contributed by atoms with E-state index in [0.29, 0.717) is 16.6 Å². The SMILES string of the molecule is CC1Oc2ccccc2OC1C(=O)Nc1ncc(Cc2ccccc2)s1. The molecule has 132 valence electrons. The summed E-state index contributed by atoms with van der Waals surface area (Å²) in [4.78, 5) is 18.0. The summed E-state index contributed by atoms with van der Waals surface area (Å²) in [5.74, 6) is 0.978. The van der Waals surface area contributed by atoms with Crippen LogP contribution < -0.4 is 14.8 Å². The molecular weight excluding hydrogens is 348 g/mol. The number of aromatic nitrogens is 1. The number of hydrogen-bond donors (Lipinski definition) is 1. The van der Waals surface area contributed by atoms with Crippen molar-refractivity contribution in [3.8, 4) is 11.5 Å². The standard InChI is InChI=1S/C20H18N2O3S/c1-13-18(25-17-10-6-5-9-16(17)24-13)19(23)22-20-21-12-15(26-20)11-14-7-3-2-4-8-14/h2-10,12-13,18H,11H2,1H3,(H,21,22,23). The molecule has 1 aromatic heterocycles. The molecule has 2 unspecified atom stereocenters. The van der Waals surface area contributed by atoms with Crippen molar-refractivity contribution in [1.82, 2.24) is 4.98 Å². The molecule has 1 N–H and O–H groups in total. The third-order valence-electron chi connectivity index (χ3n) is 4.11. The van der Waals surface area contributed by atoms with Crippen molar-refractivity contribution in [1.29, 1.82) is 0 Å². The highest BCUT2D eigenvalue weighted by Gasteiger charge is 2.34. The van der Waals surface area contributed by atoms with Crippen molar-refractivity contribution in [2.24, 2.45) is 0 Å². The van der Waals surface area contributed by atoms with Crippen LogP contribution in [0.1, 0.15) is 17.4 Å². The van der Waals surface area contributed by atoms with Crippen LogP contribution in [0.5, 0.6) is 11.5 Å². The minimum atomic E-state index is -0.716. The van der Waals surface area contributed by atoms with E-state index in [0.717, 1.165) is 11.3 Å². The lowest BCUT2D eigenvalue weighted by atomic mass is 10.1. The molecule has 5 nitrogen and oxygen atoms in total. The fourth-order valence-electron chi connectivity index (χ4n) is 2.83. The third-order valence-corrected chi connectivity index (χ3v) is 5.02. The lowest BCUT2D eigenvalue weighted by Gasteiger charge is -2.30. The van der Waals surface area contributed by atoms with Crippen LogP contribution in [0.25, 0.3) is 0 Å². The second-order valence-corrected chi connectivity index (χ2v) is 7.21. The Morgan fingerprint density at radius 2 is 1.77 bits per heavy atom. The predicted octanol–water partition coefficient (Wildman–Crippen LogP) is 3.90. The Balaban J connectivity index is 1.42. The van der Waals surface area contributed by atoms with Crippen molar-refractivity contribution in [3.63, 3.8) is 0 Å². The molecule has 0 spiro atoms. The number of ether oxygens (including phenoxy) is 2. The first kappa shape index (κ1) is 16.6. The molecule has 2 heterocycles. The van der Waals surface area contributed by atoms with Crippen LogP contribution in [0.2, 0.25) is 0 Å². The Bertz CT molecular complexity index is 910. The van der Waals surface area contributed by atoms with Gasteiger partial charge in [-0.25, -0.2) is 4.98 Å². The van der Waals surface area contributed by atoms with Gasteiger partial charge in [0, 0.05) is 17.5 Å². The highest BCUT2D eigenvalue weighted by Crippen LogP contribution is 2.34. The van der Waals surface area contributed by atoms with Gasteiger partial charge >= 0.3 is 0 Å². The smallest absolute Gasteiger partial charge is 0.271 e. The molecule has 1 amide bonds. The summed E-state index contributed by atoms with van der Waals surface area (Å²) in [5.41, 5.74) is 1.21. The number of amides is 1. The fraction of sp³-hybridized carbons (Fsp3) is 0.200. The van der Waals surface area contributed by atoms with Gasteiger partial charge in [0.25, 0.3) is 5.91 Å². The molecule has 1 aliphatic rings. The van der Waals surface area contributed by atoms with Gasteiger partial charge in [-0.3, -0.25) is 10.1 Å². The average molecular weight is 366 g/mol. The average Bonchev–Trinajstić information content (AvgIpc) is 3.08. The number of carbonyl (C=O) groups excluding carboxylic acids is 1. The number of benzene rings is 2. The van der Waals surface area contributed by atoms with Gasteiger partial charge in [-0.1, -0.05) is 42.5 Å². The quantitative estimate of drug-likeness (QED) is 0.761. The van der Waals surface area contributed by atoms with Gasteiger partial charge in [-0.2, -0.15) is 0 Å². The number of nitrogens with one attached hydrogen (secondary N) is 1. The number of fused-ring (bicyclic) bond motifs is 1. The molecule has 4 rings (SSSR count). The first-order chi connectivity index (χ1) is 12.7. The van der Waals surface area contributed by atoms with Gasteiger partial charge in [0.2, 0.25) is 6.10 Å². The van der Waals surface area contributed by atoms with Crippen LogP contribution in [0.15, 0.2) is 60.8 Å². The van der Waals surface area contributed by atoms with E-state index >= 15 is 0 Å². The predicted molar refractivity (Wildman–Crippen MR) is 101 cm³/mol. The van der Waals surface area contributed by atoms with Gasteiger partial charge in [0.15, 0.2) is 16.6 Å². The van der Waals surface area contributed by atoms with E-state index in [1.54, 1.807) is 12.3 Å². The molecule has 0 fully saturated rings. The highest BCUT2D eigenvalue weighted by atomic mass is 32.1. The number of hydrogen-bond acceptors (Lipinski definition) is 5. The number of thiazole rings is 1. The van der Waals surface area contributed by atoms with Gasteiger partial charge in [-0.05, 0) is 24.6 Å².